The minimum Gasteiger partial charge on any atom is -0.490 e. The highest BCUT2D eigenvalue weighted by atomic mass is 16.5. The zero-order valence-corrected chi connectivity index (χ0v) is 17.0. The summed E-state index contributed by atoms with van der Waals surface area (Å²) in [5.74, 6) is 0.545. The topological polar surface area (TPSA) is 75.0 Å². The number of rotatable bonds is 7. The standard InChI is InChI=1S/C23H24O6/c1-5-26-19-10-8-16(11-20(19)27-6-2)23(25)28-13-17-12-21(24)29-22-15(4)14(3)7-9-18(17)22/h7-12H,5-6,13H2,1-4H3. The molecule has 0 aliphatic heterocycles. The number of hydrogen-bond acceptors (Lipinski definition) is 6. The summed E-state index contributed by atoms with van der Waals surface area (Å²) in [7, 11) is 0. The molecule has 0 N–H and O–H groups in total. The van der Waals surface area contributed by atoms with Crippen LogP contribution in [0.15, 0.2) is 45.6 Å². The molecule has 0 spiro atoms. The molecule has 0 amide bonds. The van der Waals surface area contributed by atoms with E-state index >= 15 is 0 Å². The molecule has 29 heavy (non-hydrogen) atoms. The first kappa shape index (κ1) is 20.5. The average Bonchev–Trinajstić information content (AvgIpc) is 2.70. The fraction of sp³-hybridized carbons (Fsp3) is 0.304. The van der Waals surface area contributed by atoms with Gasteiger partial charge in [-0.1, -0.05) is 12.1 Å². The molecule has 0 aliphatic rings. The maximum atomic E-state index is 12.6. The Kier molecular flexibility index (Phi) is 6.22. The molecule has 0 atom stereocenters. The predicted octanol–water partition coefficient (Wildman–Crippen LogP) is 4.56. The zero-order valence-electron chi connectivity index (χ0n) is 17.0. The van der Waals surface area contributed by atoms with Gasteiger partial charge >= 0.3 is 11.6 Å². The lowest BCUT2D eigenvalue weighted by atomic mass is 10.0. The minimum absolute atomic E-state index is 0.0411. The third-order valence-electron chi connectivity index (χ3n) is 4.66. The summed E-state index contributed by atoms with van der Waals surface area (Å²) in [6.07, 6.45) is 0. The second-order valence-corrected chi connectivity index (χ2v) is 6.58. The van der Waals surface area contributed by atoms with Crippen LogP contribution in [-0.2, 0) is 11.3 Å². The number of esters is 1. The molecule has 0 radical (unpaired) electrons. The van der Waals surface area contributed by atoms with Crippen molar-refractivity contribution in [1.29, 1.82) is 0 Å². The fourth-order valence-electron chi connectivity index (χ4n) is 3.05. The molecule has 0 aliphatic carbocycles. The molecular formula is C23H24O6. The van der Waals surface area contributed by atoms with Gasteiger partial charge in [0.2, 0.25) is 0 Å². The van der Waals surface area contributed by atoms with Gasteiger partial charge in [0.1, 0.15) is 12.2 Å². The minimum atomic E-state index is -0.515. The number of aryl methyl sites for hydroxylation is 2. The fourth-order valence-corrected chi connectivity index (χ4v) is 3.05. The normalized spacial score (nSPS) is 10.8. The molecule has 6 heteroatoms. The molecule has 1 heterocycles. The van der Waals surface area contributed by atoms with E-state index in [4.69, 9.17) is 18.6 Å². The summed E-state index contributed by atoms with van der Waals surface area (Å²) in [6.45, 7) is 8.48. The van der Waals surface area contributed by atoms with Crippen LogP contribution in [0.25, 0.3) is 11.0 Å². The molecule has 3 rings (SSSR count). The van der Waals surface area contributed by atoms with Gasteiger partial charge < -0.3 is 18.6 Å². The van der Waals surface area contributed by atoms with Crippen molar-refractivity contribution in [3.8, 4) is 11.5 Å². The summed E-state index contributed by atoms with van der Waals surface area (Å²) >= 11 is 0. The summed E-state index contributed by atoms with van der Waals surface area (Å²) < 4.78 is 21.9. The first-order chi connectivity index (χ1) is 13.9. The van der Waals surface area contributed by atoms with Crippen molar-refractivity contribution in [2.45, 2.75) is 34.3 Å². The highest BCUT2D eigenvalue weighted by molar-refractivity contribution is 5.90. The summed E-state index contributed by atoms with van der Waals surface area (Å²) in [6, 6.07) is 10.1. The molecule has 0 fully saturated rings. The quantitative estimate of drug-likeness (QED) is 0.430. The van der Waals surface area contributed by atoms with E-state index in [2.05, 4.69) is 0 Å². The van der Waals surface area contributed by atoms with Crippen LogP contribution < -0.4 is 15.1 Å². The van der Waals surface area contributed by atoms with Crippen molar-refractivity contribution in [3.05, 3.63) is 69.1 Å². The van der Waals surface area contributed by atoms with E-state index < -0.39 is 11.6 Å². The number of hydrogen-bond donors (Lipinski definition) is 0. The third-order valence-corrected chi connectivity index (χ3v) is 4.66. The number of carbonyl (C=O) groups is 1. The molecule has 0 bridgehead atoms. The second-order valence-electron chi connectivity index (χ2n) is 6.58. The Morgan fingerprint density at radius 2 is 1.69 bits per heavy atom. The van der Waals surface area contributed by atoms with Gasteiger partial charge in [-0.25, -0.2) is 9.59 Å². The third kappa shape index (κ3) is 4.42. The highest BCUT2D eigenvalue weighted by Gasteiger charge is 2.15. The molecule has 0 unspecified atom stereocenters. The smallest absolute Gasteiger partial charge is 0.338 e. The van der Waals surface area contributed by atoms with Gasteiger partial charge in [0.15, 0.2) is 11.5 Å². The van der Waals surface area contributed by atoms with Crippen LogP contribution in [0, 0.1) is 13.8 Å². The molecule has 3 aromatic rings. The van der Waals surface area contributed by atoms with Crippen LogP contribution in [0.1, 0.15) is 40.9 Å². The summed E-state index contributed by atoms with van der Waals surface area (Å²) in [5, 5.41) is 0.752. The lowest BCUT2D eigenvalue weighted by molar-refractivity contribution is 0.0473. The number of ether oxygens (including phenoxy) is 3. The first-order valence-corrected chi connectivity index (χ1v) is 9.54. The van der Waals surface area contributed by atoms with E-state index in [1.165, 1.54) is 6.07 Å². The Morgan fingerprint density at radius 1 is 0.966 bits per heavy atom. The van der Waals surface area contributed by atoms with E-state index in [0.29, 0.717) is 41.4 Å². The molecule has 0 saturated heterocycles. The van der Waals surface area contributed by atoms with Gasteiger partial charge in [-0.05, 0) is 57.0 Å². The lowest BCUT2D eigenvalue weighted by Crippen LogP contribution is -2.09. The van der Waals surface area contributed by atoms with E-state index in [0.717, 1.165) is 16.5 Å². The van der Waals surface area contributed by atoms with Crippen LogP contribution in [0.3, 0.4) is 0 Å². The summed E-state index contributed by atoms with van der Waals surface area (Å²) in [5.41, 5.74) is 2.90. The Labute approximate surface area is 169 Å². The molecular weight excluding hydrogens is 372 g/mol. The first-order valence-electron chi connectivity index (χ1n) is 9.54. The Balaban J connectivity index is 1.85. The SMILES string of the molecule is CCOc1ccc(C(=O)OCc2cc(=O)oc3c(C)c(C)ccc23)cc1OCC. The van der Waals surface area contributed by atoms with E-state index in [9.17, 15) is 9.59 Å². The van der Waals surface area contributed by atoms with E-state index in [1.54, 1.807) is 18.2 Å². The summed E-state index contributed by atoms with van der Waals surface area (Å²) in [4.78, 5) is 24.5. The van der Waals surface area contributed by atoms with Crippen molar-refractivity contribution in [1.82, 2.24) is 0 Å². The molecule has 2 aromatic carbocycles. The monoisotopic (exact) mass is 396 g/mol. The second kappa shape index (κ2) is 8.82. The van der Waals surface area contributed by atoms with Crippen molar-refractivity contribution in [3.63, 3.8) is 0 Å². The lowest BCUT2D eigenvalue weighted by Gasteiger charge is -2.13. The van der Waals surface area contributed by atoms with Crippen LogP contribution in [-0.4, -0.2) is 19.2 Å². The Morgan fingerprint density at radius 3 is 2.41 bits per heavy atom. The van der Waals surface area contributed by atoms with Crippen molar-refractivity contribution in [2.24, 2.45) is 0 Å². The Hall–Kier alpha value is -3.28. The van der Waals surface area contributed by atoms with Crippen LogP contribution in [0.2, 0.25) is 0 Å². The van der Waals surface area contributed by atoms with Gasteiger partial charge in [-0.2, -0.15) is 0 Å². The molecule has 1 aromatic heterocycles. The van der Waals surface area contributed by atoms with E-state index in [1.807, 2.05) is 39.8 Å². The van der Waals surface area contributed by atoms with Gasteiger partial charge in [0, 0.05) is 17.0 Å². The van der Waals surface area contributed by atoms with Gasteiger partial charge in [0.05, 0.1) is 18.8 Å². The van der Waals surface area contributed by atoms with Crippen LogP contribution >= 0.6 is 0 Å². The predicted molar refractivity (Wildman–Crippen MR) is 110 cm³/mol. The van der Waals surface area contributed by atoms with Gasteiger partial charge in [-0.15, -0.1) is 0 Å². The Bertz CT molecular complexity index is 1100. The zero-order chi connectivity index (χ0) is 21.0. The van der Waals surface area contributed by atoms with Gasteiger partial charge in [-0.3, -0.25) is 0 Å². The maximum absolute atomic E-state index is 12.6. The van der Waals surface area contributed by atoms with Crippen molar-refractivity contribution < 1.29 is 23.4 Å². The largest absolute Gasteiger partial charge is 0.490 e. The number of benzene rings is 2. The number of fused-ring (bicyclic) bond motifs is 1. The van der Waals surface area contributed by atoms with Crippen molar-refractivity contribution in [2.75, 3.05) is 13.2 Å². The average molecular weight is 396 g/mol. The molecule has 6 nitrogen and oxygen atoms in total. The van der Waals surface area contributed by atoms with Crippen LogP contribution in [0.4, 0.5) is 0 Å². The molecule has 0 saturated carbocycles. The highest BCUT2D eigenvalue weighted by Crippen LogP contribution is 2.29. The molecule has 152 valence electrons. The van der Waals surface area contributed by atoms with Crippen molar-refractivity contribution >= 4 is 16.9 Å². The number of carbonyl (C=O) groups excluding carboxylic acids is 1. The van der Waals surface area contributed by atoms with E-state index in [-0.39, 0.29) is 6.61 Å². The maximum Gasteiger partial charge on any atom is 0.338 e. The van der Waals surface area contributed by atoms with Crippen LogP contribution in [0.5, 0.6) is 11.5 Å². The van der Waals surface area contributed by atoms with Gasteiger partial charge in [0.25, 0.3) is 0 Å².